The molecule has 1 aliphatic rings. The second-order valence-electron chi connectivity index (χ2n) is 7.53. The lowest BCUT2D eigenvalue weighted by Crippen LogP contribution is -2.29. The van der Waals surface area contributed by atoms with E-state index in [0.29, 0.717) is 11.4 Å². The van der Waals surface area contributed by atoms with E-state index in [1.165, 1.54) is 18.7 Å². The summed E-state index contributed by atoms with van der Waals surface area (Å²) in [6, 6.07) is 6.47. The minimum Gasteiger partial charge on any atom is -0.478 e. The van der Waals surface area contributed by atoms with Crippen molar-refractivity contribution in [2.45, 2.75) is 50.8 Å². The van der Waals surface area contributed by atoms with Crippen molar-refractivity contribution in [2.75, 3.05) is 22.7 Å². The van der Waals surface area contributed by atoms with Gasteiger partial charge in [-0.15, -0.1) is 0 Å². The molecule has 0 saturated carbocycles. The zero-order valence-electron chi connectivity index (χ0n) is 16.8. The van der Waals surface area contributed by atoms with Gasteiger partial charge in [-0.3, -0.25) is 4.72 Å². The zero-order chi connectivity index (χ0) is 21.0. The van der Waals surface area contributed by atoms with Gasteiger partial charge in [0.2, 0.25) is 0 Å². The first-order chi connectivity index (χ1) is 13.8. The minimum absolute atomic E-state index is 0.0564. The van der Waals surface area contributed by atoms with Crippen LogP contribution in [0.5, 0.6) is 0 Å². The third kappa shape index (κ3) is 5.06. The number of carboxylic acids is 1. The highest BCUT2D eigenvalue weighted by Crippen LogP contribution is 2.29. The van der Waals surface area contributed by atoms with Gasteiger partial charge in [-0.25, -0.2) is 18.2 Å². The number of carbonyl (C=O) groups is 1. The van der Waals surface area contributed by atoms with E-state index >= 15 is 0 Å². The lowest BCUT2D eigenvalue weighted by atomic mass is 10.1. The Balaban J connectivity index is 2.01. The SMILES string of the molecule is Cc1ccc(S(=O)(=O)Nc2cc(C(=O)O)cnc2N2CCCCCCC2)c(C)c1. The lowest BCUT2D eigenvalue weighted by Gasteiger charge is -2.28. The van der Waals surface area contributed by atoms with E-state index in [-0.39, 0.29) is 16.1 Å². The molecule has 1 aliphatic heterocycles. The van der Waals surface area contributed by atoms with Crippen LogP contribution in [0.3, 0.4) is 0 Å². The fourth-order valence-corrected chi connectivity index (χ4v) is 4.94. The molecule has 2 N–H and O–H groups in total. The van der Waals surface area contributed by atoms with Crippen molar-refractivity contribution >= 4 is 27.5 Å². The monoisotopic (exact) mass is 417 g/mol. The van der Waals surface area contributed by atoms with Crippen LogP contribution in [0.1, 0.15) is 53.6 Å². The Morgan fingerprint density at radius 2 is 1.72 bits per heavy atom. The Morgan fingerprint density at radius 1 is 1.07 bits per heavy atom. The Bertz CT molecular complexity index is 997. The van der Waals surface area contributed by atoms with Gasteiger partial charge >= 0.3 is 5.97 Å². The summed E-state index contributed by atoms with van der Waals surface area (Å²) in [7, 11) is -3.89. The summed E-state index contributed by atoms with van der Waals surface area (Å²) in [5.74, 6) is -0.672. The first kappa shape index (κ1) is 21.1. The second-order valence-corrected chi connectivity index (χ2v) is 9.18. The minimum atomic E-state index is -3.89. The van der Waals surface area contributed by atoms with Gasteiger partial charge in [0.15, 0.2) is 5.82 Å². The van der Waals surface area contributed by atoms with E-state index in [1.807, 2.05) is 11.8 Å². The quantitative estimate of drug-likeness (QED) is 0.764. The number of hydrogen-bond acceptors (Lipinski definition) is 5. The van der Waals surface area contributed by atoms with Crippen LogP contribution in [0.2, 0.25) is 0 Å². The first-order valence-electron chi connectivity index (χ1n) is 9.86. The highest BCUT2D eigenvalue weighted by atomic mass is 32.2. The van der Waals surface area contributed by atoms with Gasteiger partial charge in [0.25, 0.3) is 10.0 Å². The molecule has 3 rings (SSSR count). The maximum atomic E-state index is 13.1. The molecule has 156 valence electrons. The highest BCUT2D eigenvalue weighted by Gasteiger charge is 2.23. The summed E-state index contributed by atoms with van der Waals surface area (Å²) in [4.78, 5) is 18.0. The molecule has 0 bridgehead atoms. The van der Waals surface area contributed by atoms with Crippen LogP contribution < -0.4 is 9.62 Å². The van der Waals surface area contributed by atoms with Crippen molar-refractivity contribution in [3.05, 3.63) is 47.2 Å². The van der Waals surface area contributed by atoms with Gasteiger partial charge < -0.3 is 10.0 Å². The van der Waals surface area contributed by atoms with Crippen LogP contribution in [0.15, 0.2) is 35.4 Å². The number of sulfonamides is 1. The fraction of sp³-hybridized carbons (Fsp3) is 0.429. The van der Waals surface area contributed by atoms with Gasteiger partial charge in [-0.1, -0.05) is 37.0 Å². The average molecular weight is 418 g/mol. The van der Waals surface area contributed by atoms with Crippen LogP contribution in [-0.2, 0) is 10.0 Å². The standard InChI is InChI=1S/C21H27N3O4S/c1-15-8-9-19(16(2)12-15)29(27,28)23-18-13-17(21(25)26)14-22-20(18)24-10-6-4-3-5-7-11-24/h8-9,12-14,23H,3-7,10-11H2,1-2H3,(H,25,26). The molecule has 1 fully saturated rings. The molecule has 2 heterocycles. The molecular formula is C21H27N3O4S. The van der Waals surface area contributed by atoms with Crippen LogP contribution in [0.25, 0.3) is 0 Å². The van der Waals surface area contributed by atoms with Crippen molar-refractivity contribution in [1.29, 1.82) is 0 Å². The fourth-order valence-electron chi connectivity index (χ4n) is 3.66. The van der Waals surface area contributed by atoms with Crippen molar-refractivity contribution in [3.8, 4) is 0 Å². The number of benzene rings is 1. The molecule has 0 aliphatic carbocycles. The maximum absolute atomic E-state index is 13.1. The largest absolute Gasteiger partial charge is 0.478 e. The van der Waals surface area contributed by atoms with E-state index in [9.17, 15) is 18.3 Å². The van der Waals surface area contributed by atoms with Crippen molar-refractivity contribution in [1.82, 2.24) is 4.98 Å². The molecule has 0 spiro atoms. The average Bonchev–Trinajstić information content (AvgIpc) is 2.61. The molecule has 2 aromatic rings. The van der Waals surface area contributed by atoms with Gasteiger partial charge in [-0.2, -0.15) is 0 Å². The first-order valence-corrected chi connectivity index (χ1v) is 11.3. The summed E-state index contributed by atoms with van der Waals surface area (Å²) in [6.45, 7) is 5.17. The smallest absolute Gasteiger partial charge is 0.337 e. The van der Waals surface area contributed by atoms with Crippen LogP contribution in [0.4, 0.5) is 11.5 Å². The number of nitrogens with zero attached hydrogens (tertiary/aromatic N) is 2. The van der Waals surface area contributed by atoms with E-state index < -0.39 is 16.0 Å². The van der Waals surface area contributed by atoms with E-state index in [4.69, 9.17) is 0 Å². The third-order valence-electron chi connectivity index (χ3n) is 5.13. The van der Waals surface area contributed by atoms with Crippen LogP contribution in [0, 0.1) is 13.8 Å². The normalized spacial score (nSPS) is 15.4. The molecule has 1 aromatic heterocycles. The molecule has 8 heteroatoms. The molecular weight excluding hydrogens is 390 g/mol. The van der Waals surface area contributed by atoms with E-state index in [0.717, 1.165) is 44.3 Å². The number of aromatic nitrogens is 1. The molecule has 29 heavy (non-hydrogen) atoms. The van der Waals surface area contributed by atoms with E-state index in [2.05, 4.69) is 9.71 Å². The number of rotatable bonds is 5. The highest BCUT2D eigenvalue weighted by molar-refractivity contribution is 7.92. The summed E-state index contributed by atoms with van der Waals surface area (Å²) in [5, 5.41) is 9.35. The van der Waals surface area contributed by atoms with Crippen molar-refractivity contribution in [2.24, 2.45) is 0 Å². The van der Waals surface area contributed by atoms with Gasteiger partial charge in [-0.05, 0) is 44.4 Å². The number of aryl methyl sites for hydroxylation is 2. The molecule has 0 atom stereocenters. The van der Waals surface area contributed by atoms with Gasteiger partial charge in [0.1, 0.15) is 0 Å². The molecule has 0 radical (unpaired) electrons. The van der Waals surface area contributed by atoms with E-state index in [1.54, 1.807) is 25.1 Å². The number of aromatic carboxylic acids is 1. The molecule has 1 aromatic carbocycles. The Hall–Kier alpha value is -2.61. The lowest BCUT2D eigenvalue weighted by molar-refractivity contribution is 0.0696. The van der Waals surface area contributed by atoms with Crippen molar-refractivity contribution < 1.29 is 18.3 Å². The summed E-state index contributed by atoms with van der Waals surface area (Å²) < 4.78 is 28.7. The number of nitrogens with one attached hydrogen (secondary N) is 1. The summed E-state index contributed by atoms with van der Waals surface area (Å²) in [5.41, 5.74) is 1.74. The maximum Gasteiger partial charge on any atom is 0.337 e. The number of hydrogen-bond donors (Lipinski definition) is 2. The summed E-state index contributed by atoms with van der Waals surface area (Å²) in [6.07, 6.45) is 6.70. The second kappa shape index (κ2) is 8.82. The summed E-state index contributed by atoms with van der Waals surface area (Å²) >= 11 is 0. The van der Waals surface area contributed by atoms with Crippen molar-refractivity contribution in [3.63, 3.8) is 0 Å². The molecule has 0 unspecified atom stereocenters. The number of anilines is 2. The molecule has 7 nitrogen and oxygen atoms in total. The van der Waals surface area contributed by atoms with Gasteiger partial charge in [0, 0.05) is 19.3 Å². The Kier molecular flexibility index (Phi) is 6.42. The molecule has 0 amide bonds. The van der Waals surface area contributed by atoms with Crippen LogP contribution >= 0.6 is 0 Å². The molecule has 1 saturated heterocycles. The van der Waals surface area contributed by atoms with Crippen LogP contribution in [-0.4, -0.2) is 37.6 Å². The number of carboxylic acid groups (broad SMARTS) is 1. The number of pyridine rings is 1. The predicted octanol–water partition coefficient (Wildman–Crippen LogP) is 3.97. The third-order valence-corrected chi connectivity index (χ3v) is 6.66. The zero-order valence-corrected chi connectivity index (χ0v) is 17.6. The van der Waals surface area contributed by atoms with Gasteiger partial charge in [0.05, 0.1) is 16.1 Å². The Morgan fingerprint density at radius 3 is 2.34 bits per heavy atom. The topological polar surface area (TPSA) is 99.6 Å². The Labute approximate surface area is 171 Å². The predicted molar refractivity (Wildman–Crippen MR) is 113 cm³/mol.